The molecule has 1 rings (SSSR count). The minimum atomic E-state index is -1.44. The largest absolute Gasteiger partial charge is 0.475 e. The Morgan fingerprint density at radius 1 is 1.35 bits per heavy atom. The standard InChI is InChI=1S/C14H14O3/c1-3-5-12(13(15)14(16)17)11-8-6-10(4-2)7-9-11/h1,6-9,12H,4-5H2,2H3,(H,16,17). The van der Waals surface area contributed by atoms with E-state index in [1.165, 1.54) is 0 Å². The molecule has 3 heteroatoms. The number of hydrogen-bond acceptors (Lipinski definition) is 2. The van der Waals surface area contributed by atoms with Gasteiger partial charge in [0.25, 0.3) is 0 Å². The van der Waals surface area contributed by atoms with Crippen LogP contribution < -0.4 is 0 Å². The number of carbonyl (C=O) groups is 2. The number of benzene rings is 1. The molecule has 1 atom stereocenters. The van der Waals surface area contributed by atoms with Crippen molar-refractivity contribution in [3.8, 4) is 12.3 Å². The summed E-state index contributed by atoms with van der Waals surface area (Å²) >= 11 is 0. The van der Waals surface area contributed by atoms with Gasteiger partial charge in [0.05, 0.1) is 5.92 Å². The van der Waals surface area contributed by atoms with Crippen molar-refractivity contribution in [2.24, 2.45) is 0 Å². The van der Waals surface area contributed by atoms with E-state index < -0.39 is 17.7 Å². The SMILES string of the molecule is C#CCC(C(=O)C(=O)O)c1ccc(CC)cc1. The summed E-state index contributed by atoms with van der Waals surface area (Å²) in [4.78, 5) is 22.2. The average Bonchev–Trinajstić information content (AvgIpc) is 2.35. The zero-order valence-electron chi connectivity index (χ0n) is 9.64. The van der Waals surface area contributed by atoms with Crippen LogP contribution in [0.2, 0.25) is 0 Å². The van der Waals surface area contributed by atoms with Crippen molar-refractivity contribution in [1.82, 2.24) is 0 Å². The summed E-state index contributed by atoms with van der Waals surface area (Å²) in [6.45, 7) is 2.02. The number of carbonyl (C=O) groups excluding carboxylic acids is 1. The van der Waals surface area contributed by atoms with Gasteiger partial charge in [0.2, 0.25) is 5.78 Å². The molecule has 1 unspecified atom stereocenters. The third-order valence-corrected chi connectivity index (χ3v) is 2.64. The summed E-state index contributed by atoms with van der Waals surface area (Å²) in [5.41, 5.74) is 1.79. The molecule has 0 heterocycles. The second kappa shape index (κ2) is 5.86. The molecule has 0 bridgehead atoms. The lowest BCUT2D eigenvalue weighted by Crippen LogP contribution is -2.21. The van der Waals surface area contributed by atoms with Crippen LogP contribution in [0.1, 0.15) is 30.4 Å². The highest BCUT2D eigenvalue weighted by Crippen LogP contribution is 2.21. The Morgan fingerprint density at radius 2 is 1.94 bits per heavy atom. The van der Waals surface area contributed by atoms with Gasteiger partial charge in [0.15, 0.2) is 0 Å². The number of aryl methyl sites for hydroxylation is 1. The van der Waals surface area contributed by atoms with Gasteiger partial charge in [-0.1, -0.05) is 31.2 Å². The second-order valence-corrected chi connectivity index (χ2v) is 3.73. The van der Waals surface area contributed by atoms with E-state index in [1.54, 1.807) is 12.1 Å². The fraction of sp³-hybridized carbons (Fsp3) is 0.286. The number of rotatable bonds is 5. The molecule has 0 spiro atoms. The topological polar surface area (TPSA) is 54.4 Å². The number of terminal acetylenes is 1. The molecule has 0 aromatic heterocycles. The van der Waals surface area contributed by atoms with Gasteiger partial charge in [-0.3, -0.25) is 4.79 Å². The lowest BCUT2D eigenvalue weighted by molar-refractivity contribution is -0.149. The predicted molar refractivity (Wildman–Crippen MR) is 64.7 cm³/mol. The maximum Gasteiger partial charge on any atom is 0.372 e. The van der Waals surface area contributed by atoms with Crippen molar-refractivity contribution in [3.05, 3.63) is 35.4 Å². The first-order chi connectivity index (χ1) is 8.10. The van der Waals surface area contributed by atoms with Crippen molar-refractivity contribution in [2.75, 3.05) is 0 Å². The molecule has 3 nitrogen and oxygen atoms in total. The van der Waals surface area contributed by atoms with Gasteiger partial charge < -0.3 is 5.11 Å². The summed E-state index contributed by atoms with van der Waals surface area (Å²) in [5, 5.41) is 8.72. The van der Waals surface area contributed by atoms with Gasteiger partial charge in [0, 0.05) is 6.42 Å². The van der Waals surface area contributed by atoms with Crippen LogP contribution in [-0.2, 0) is 16.0 Å². The van der Waals surface area contributed by atoms with Crippen molar-refractivity contribution < 1.29 is 14.7 Å². The molecule has 0 fully saturated rings. The molecule has 0 radical (unpaired) electrons. The smallest absolute Gasteiger partial charge is 0.372 e. The molecule has 88 valence electrons. The van der Waals surface area contributed by atoms with Gasteiger partial charge in [-0.05, 0) is 17.5 Å². The fourth-order valence-corrected chi connectivity index (χ4v) is 1.61. The molecule has 17 heavy (non-hydrogen) atoms. The van der Waals surface area contributed by atoms with Gasteiger partial charge in [-0.25, -0.2) is 4.79 Å². The number of ketones is 1. The van der Waals surface area contributed by atoms with Crippen LogP contribution in [0.4, 0.5) is 0 Å². The fourth-order valence-electron chi connectivity index (χ4n) is 1.61. The average molecular weight is 230 g/mol. The summed E-state index contributed by atoms with van der Waals surface area (Å²) < 4.78 is 0. The molecule has 1 aromatic rings. The number of aliphatic carboxylic acids is 1. The monoisotopic (exact) mass is 230 g/mol. The second-order valence-electron chi connectivity index (χ2n) is 3.73. The van der Waals surface area contributed by atoms with Crippen molar-refractivity contribution in [2.45, 2.75) is 25.7 Å². The molecule has 0 saturated carbocycles. The van der Waals surface area contributed by atoms with Crippen molar-refractivity contribution in [3.63, 3.8) is 0 Å². The van der Waals surface area contributed by atoms with Crippen molar-refractivity contribution >= 4 is 11.8 Å². The van der Waals surface area contributed by atoms with Gasteiger partial charge in [-0.2, -0.15) is 0 Å². The number of carboxylic acids is 1. The number of Topliss-reactive ketones (excluding diaryl/α,β-unsaturated/α-hetero) is 1. The van der Waals surface area contributed by atoms with E-state index in [0.717, 1.165) is 12.0 Å². The molecule has 0 aliphatic carbocycles. The van der Waals surface area contributed by atoms with E-state index in [1.807, 2.05) is 19.1 Å². The minimum Gasteiger partial charge on any atom is -0.475 e. The lowest BCUT2D eigenvalue weighted by Gasteiger charge is -2.11. The van der Waals surface area contributed by atoms with E-state index in [0.29, 0.717) is 5.56 Å². The maximum absolute atomic E-state index is 11.5. The molecule has 0 saturated heterocycles. The molecule has 1 N–H and O–H groups in total. The summed E-state index contributed by atoms with van der Waals surface area (Å²) in [5.74, 6) is -0.695. The lowest BCUT2D eigenvalue weighted by atomic mass is 9.91. The minimum absolute atomic E-state index is 0.108. The summed E-state index contributed by atoms with van der Waals surface area (Å²) in [7, 11) is 0. The molecular formula is C14H14O3. The molecule has 0 amide bonds. The van der Waals surface area contributed by atoms with Crippen LogP contribution in [-0.4, -0.2) is 16.9 Å². The van der Waals surface area contributed by atoms with Crippen LogP contribution in [0.5, 0.6) is 0 Å². The first kappa shape index (κ1) is 13.0. The maximum atomic E-state index is 11.5. The highest BCUT2D eigenvalue weighted by Gasteiger charge is 2.25. The Kier molecular flexibility index (Phi) is 4.47. The molecule has 1 aromatic carbocycles. The number of carboxylic acid groups (broad SMARTS) is 1. The Labute approximate surface area is 100 Å². The van der Waals surface area contributed by atoms with Gasteiger partial charge in [-0.15, -0.1) is 12.3 Å². The van der Waals surface area contributed by atoms with Crippen molar-refractivity contribution in [1.29, 1.82) is 0 Å². The predicted octanol–water partition coefficient (Wildman–Crippen LogP) is 2.01. The number of hydrogen-bond donors (Lipinski definition) is 1. The van der Waals surface area contributed by atoms with E-state index in [4.69, 9.17) is 11.5 Å². The third kappa shape index (κ3) is 3.18. The van der Waals surface area contributed by atoms with Crippen LogP contribution in [0.15, 0.2) is 24.3 Å². The first-order valence-corrected chi connectivity index (χ1v) is 5.39. The van der Waals surface area contributed by atoms with Gasteiger partial charge in [0.1, 0.15) is 0 Å². The zero-order chi connectivity index (χ0) is 12.8. The van der Waals surface area contributed by atoms with Crippen LogP contribution >= 0.6 is 0 Å². The Hall–Kier alpha value is -2.08. The van der Waals surface area contributed by atoms with E-state index >= 15 is 0 Å². The van der Waals surface area contributed by atoms with Crippen LogP contribution in [0.3, 0.4) is 0 Å². The third-order valence-electron chi connectivity index (χ3n) is 2.64. The summed E-state index contributed by atoms with van der Waals surface area (Å²) in [6, 6.07) is 7.30. The molecule has 0 aliphatic heterocycles. The molecular weight excluding hydrogens is 216 g/mol. The highest BCUT2D eigenvalue weighted by atomic mass is 16.4. The highest BCUT2D eigenvalue weighted by molar-refractivity contribution is 6.35. The Morgan fingerprint density at radius 3 is 2.35 bits per heavy atom. The molecule has 0 aliphatic rings. The van der Waals surface area contributed by atoms with E-state index in [-0.39, 0.29) is 6.42 Å². The Balaban J connectivity index is 3.01. The van der Waals surface area contributed by atoms with Crippen LogP contribution in [0, 0.1) is 12.3 Å². The first-order valence-electron chi connectivity index (χ1n) is 5.39. The van der Waals surface area contributed by atoms with E-state index in [9.17, 15) is 9.59 Å². The van der Waals surface area contributed by atoms with Crippen LogP contribution in [0.25, 0.3) is 0 Å². The van der Waals surface area contributed by atoms with Gasteiger partial charge >= 0.3 is 5.97 Å². The normalized spacial score (nSPS) is 11.5. The quantitative estimate of drug-likeness (QED) is 0.622. The zero-order valence-corrected chi connectivity index (χ0v) is 9.64. The van der Waals surface area contributed by atoms with E-state index in [2.05, 4.69) is 5.92 Å². The summed E-state index contributed by atoms with van der Waals surface area (Å²) in [6.07, 6.45) is 6.17. The Bertz CT molecular complexity index is 451.